The predicted molar refractivity (Wildman–Crippen MR) is 307 cm³/mol. The minimum Gasteiger partial charge on any atom is -0.454 e. The van der Waals surface area contributed by atoms with Crippen molar-refractivity contribution in [1.29, 1.82) is 0 Å². The van der Waals surface area contributed by atoms with E-state index in [9.17, 15) is 0 Å². The van der Waals surface area contributed by atoms with Crippen molar-refractivity contribution < 1.29 is 4.42 Å². The maximum atomic E-state index is 7.02. The molecule has 358 valence electrons. The summed E-state index contributed by atoms with van der Waals surface area (Å²) in [5.74, 6) is 0. The first-order chi connectivity index (χ1) is 34.4. The Hall–Kier alpha value is -6.98. The minimum atomic E-state index is -0.0402. The van der Waals surface area contributed by atoms with Crippen molar-refractivity contribution in [2.45, 2.75) is 124 Å². The fourth-order valence-corrected chi connectivity index (χ4v) is 13.5. The quantitative estimate of drug-likeness (QED) is 0.160. The molecule has 9 aromatic rings. The molecule has 0 saturated carbocycles. The van der Waals surface area contributed by atoms with Gasteiger partial charge in [-0.2, -0.15) is 0 Å². The van der Waals surface area contributed by atoms with Crippen molar-refractivity contribution in [1.82, 2.24) is 0 Å². The summed E-state index contributed by atoms with van der Waals surface area (Å²) in [6, 6.07) is 57.9. The number of benzene rings is 8. The molecule has 4 nitrogen and oxygen atoms in total. The molecule has 0 N–H and O–H groups in total. The van der Waals surface area contributed by atoms with Crippen molar-refractivity contribution in [2.75, 3.05) is 14.7 Å². The normalized spacial score (nSPS) is 17.5. The van der Waals surface area contributed by atoms with Gasteiger partial charge in [-0.15, -0.1) is 0 Å². The van der Waals surface area contributed by atoms with E-state index in [0.717, 1.165) is 58.3 Å². The molecular weight excluding hydrogens is 874 g/mol. The smallest absolute Gasteiger partial charge is 0.252 e. The first kappa shape index (κ1) is 44.9. The average molecular weight is 940 g/mol. The van der Waals surface area contributed by atoms with Gasteiger partial charge in [0.2, 0.25) is 0 Å². The van der Waals surface area contributed by atoms with Gasteiger partial charge in [0, 0.05) is 56.3 Å². The topological polar surface area (TPSA) is 22.9 Å². The van der Waals surface area contributed by atoms with E-state index in [-0.39, 0.29) is 28.4 Å². The molecule has 0 atom stereocenters. The van der Waals surface area contributed by atoms with E-state index >= 15 is 0 Å². The van der Waals surface area contributed by atoms with E-state index in [0.29, 0.717) is 0 Å². The molecule has 2 aliphatic carbocycles. The summed E-state index contributed by atoms with van der Waals surface area (Å²) in [5, 5.41) is 2.25. The summed E-state index contributed by atoms with van der Waals surface area (Å²) in [6.07, 6.45) is 4.66. The van der Waals surface area contributed by atoms with Gasteiger partial charge < -0.3 is 19.1 Å². The van der Waals surface area contributed by atoms with E-state index in [4.69, 9.17) is 4.42 Å². The third-order valence-electron chi connectivity index (χ3n) is 17.9. The van der Waals surface area contributed by atoms with Gasteiger partial charge in [0.25, 0.3) is 6.71 Å². The molecule has 0 fully saturated rings. The molecule has 5 heteroatoms. The van der Waals surface area contributed by atoms with Crippen molar-refractivity contribution in [3.8, 4) is 0 Å². The van der Waals surface area contributed by atoms with Crippen LogP contribution in [0.4, 0.5) is 51.2 Å². The van der Waals surface area contributed by atoms with Crippen LogP contribution in [0.15, 0.2) is 156 Å². The molecule has 0 spiro atoms. The Labute approximate surface area is 427 Å². The van der Waals surface area contributed by atoms with Gasteiger partial charge in [0.1, 0.15) is 5.58 Å². The molecule has 0 unspecified atom stereocenters. The van der Waals surface area contributed by atoms with Gasteiger partial charge in [-0.25, -0.2) is 0 Å². The largest absolute Gasteiger partial charge is 0.454 e. The number of para-hydroxylation sites is 4. The lowest BCUT2D eigenvalue weighted by Crippen LogP contribution is -2.62. The Kier molecular flexibility index (Phi) is 9.68. The molecule has 0 radical (unpaired) electrons. The van der Waals surface area contributed by atoms with Gasteiger partial charge >= 0.3 is 0 Å². The van der Waals surface area contributed by atoms with E-state index < -0.39 is 0 Å². The summed E-state index contributed by atoms with van der Waals surface area (Å²) >= 11 is 0. The molecule has 3 heterocycles. The van der Waals surface area contributed by atoms with Gasteiger partial charge in [-0.05, 0) is 190 Å². The highest BCUT2D eigenvalue weighted by atomic mass is 16.3. The lowest BCUT2D eigenvalue weighted by Gasteiger charge is -2.48. The monoisotopic (exact) mass is 940 g/mol. The van der Waals surface area contributed by atoms with Crippen LogP contribution in [0.5, 0.6) is 0 Å². The van der Waals surface area contributed by atoms with Crippen LogP contribution in [-0.2, 0) is 21.7 Å². The van der Waals surface area contributed by atoms with Crippen molar-refractivity contribution in [3.63, 3.8) is 0 Å². The SMILES string of the molecule is Cc1cc2c3c(c1)N(c1cccc4c1oc1ccccc14)c1cc(N(c4ccccc4C)c4ccccc4C)ccc1B3c1cc3c(cc1N2c1ccc2c(c1)C(C)(C)CCC2(C)C)C(C)(C)CCC3(C)C. The third kappa shape index (κ3) is 6.58. The van der Waals surface area contributed by atoms with Crippen molar-refractivity contribution in [3.05, 3.63) is 191 Å². The Balaban J connectivity index is 1.15. The van der Waals surface area contributed by atoms with Crippen LogP contribution in [-0.4, -0.2) is 6.71 Å². The van der Waals surface area contributed by atoms with Crippen LogP contribution in [0.2, 0.25) is 0 Å². The van der Waals surface area contributed by atoms with Crippen molar-refractivity contribution in [2.24, 2.45) is 0 Å². The molecule has 4 aliphatic rings. The number of furan rings is 1. The van der Waals surface area contributed by atoms with Crippen LogP contribution >= 0.6 is 0 Å². The maximum absolute atomic E-state index is 7.02. The Morgan fingerprint density at radius 3 is 1.67 bits per heavy atom. The average Bonchev–Trinajstić information content (AvgIpc) is 3.74. The second kappa shape index (κ2) is 15.5. The number of hydrogen-bond acceptors (Lipinski definition) is 4. The number of rotatable bonds is 5. The second-order valence-electron chi connectivity index (χ2n) is 24.4. The lowest BCUT2D eigenvalue weighted by atomic mass is 9.33. The predicted octanol–water partition coefficient (Wildman–Crippen LogP) is 16.8. The lowest BCUT2D eigenvalue weighted by molar-refractivity contribution is 0.332. The summed E-state index contributed by atoms with van der Waals surface area (Å²) < 4.78 is 7.02. The number of aryl methyl sites for hydroxylation is 3. The summed E-state index contributed by atoms with van der Waals surface area (Å²) in [4.78, 5) is 7.70. The summed E-state index contributed by atoms with van der Waals surface area (Å²) in [7, 11) is 0. The van der Waals surface area contributed by atoms with Gasteiger partial charge in [0.05, 0.1) is 5.69 Å². The molecule has 0 saturated heterocycles. The van der Waals surface area contributed by atoms with Crippen LogP contribution < -0.4 is 31.1 Å². The maximum Gasteiger partial charge on any atom is 0.252 e. The summed E-state index contributed by atoms with van der Waals surface area (Å²) in [6.45, 7) is 26.4. The Morgan fingerprint density at radius 2 is 1.00 bits per heavy atom. The molecule has 0 bridgehead atoms. The van der Waals surface area contributed by atoms with E-state index in [1.54, 1.807) is 0 Å². The standard InChI is InChI=1S/C67H66BN3O/c1-41-35-59-62-60(36-41)71(56-25-18-22-47-46-21-14-17-26-61(46)72-63(47)56)57-38-45(69(54-23-15-12-19-42(54)2)55-24-16-13-20-43(55)3)28-30-52(57)68(62)53-39-50-51(67(10,11)34-33-66(50,8)9)40-58(53)70(59)44-27-29-48-49(37-44)65(6,7)32-31-64(48,4)5/h12-30,35-40H,31-34H2,1-11H3. The van der Waals surface area contributed by atoms with E-state index in [1.807, 2.05) is 0 Å². The summed E-state index contributed by atoms with van der Waals surface area (Å²) in [5.41, 5.74) is 26.2. The van der Waals surface area contributed by atoms with Gasteiger partial charge in [-0.1, -0.05) is 140 Å². The highest BCUT2D eigenvalue weighted by molar-refractivity contribution is 7.00. The zero-order valence-electron chi connectivity index (χ0n) is 44.1. The first-order valence-electron chi connectivity index (χ1n) is 26.5. The third-order valence-corrected chi connectivity index (χ3v) is 17.9. The molecular formula is C67H66BN3O. The Bertz CT molecular complexity index is 3690. The number of hydrogen-bond donors (Lipinski definition) is 0. The molecule has 8 aromatic carbocycles. The number of fused-ring (bicyclic) bond motifs is 9. The molecule has 1 aromatic heterocycles. The minimum absolute atomic E-state index is 0.0223. The molecule has 13 rings (SSSR count). The molecule has 0 amide bonds. The zero-order valence-corrected chi connectivity index (χ0v) is 44.1. The van der Waals surface area contributed by atoms with Gasteiger partial charge in [-0.3, -0.25) is 0 Å². The second-order valence-corrected chi connectivity index (χ2v) is 24.4. The molecule has 2 aliphatic heterocycles. The van der Waals surface area contributed by atoms with Crippen LogP contribution in [0.1, 0.15) is 120 Å². The molecule has 72 heavy (non-hydrogen) atoms. The van der Waals surface area contributed by atoms with Crippen molar-refractivity contribution >= 4 is 96.2 Å². The number of nitrogens with zero attached hydrogens (tertiary/aromatic N) is 3. The van der Waals surface area contributed by atoms with Crippen LogP contribution in [0.3, 0.4) is 0 Å². The highest BCUT2D eigenvalue weighted by Crippen LogP contribution is 2.54. The highest BCUT2D eigenvalue weighted by Gasteiger charge is 2.48. The first-order valence-corrected chi connectivity index (χ1v) is 26.5. The Morgan fingerprint density at radius 1 is 0.444 bits per heavy atom. The zero-order chi connectivity index (χ0) is 49.8. The number of anilines is 9. The van der Waals surface area contributed by atoms with E-state index in [1.165, 1.54) is 95.9 Å². The fraction of sp³-hybridized carbons (Fsp3) is 0.284. The van der Waals surface area contributed by atoms with Crippen LogP contribution in [0, 0.1) is 20.8 Å². The fourth-order valence-electron chi connectivity index (χ4n) is 13.5. The van der Waals surface area contributed by atoms with Crippen LogP contribution in [0.25, 0.3) is 21.9 Å². The van der Waals surface area contributed by atoms with Gasteiger partial charge in [0.15, 0.2) is 5.58 Å². The van der Waals surface area contributed by atoms with E-state index in [2.05, 4.69) is 243 Å².